The maximum absolute atomic E-state index is 2.23. The van der Waals surface area contributed by atoms with Gasteiger partial charge in [-0.25, -0.2) is 0 Å². The van der Waals surface area contributed by atoms with Crippen molar-refractivity contribution < 1.29 is 0 Å². The van der Waals surface area contributed by atoms with Crippen LogP contribution in [0.5, 0.6) is 0 Å². The molecule has 1 rings (SSSR count). The predicted molar refractivity (Wildman–Crippen MR) is 63.3 cm³/mol. The van der Waals surface area contributed by atoms with Crippen LogP contribution in [0.25, 0.3) is 0 Å². The van der Waals surface area contributed by atoms with Gasteiger partial charge in [0.1, 0.15) is 0 Å². The molecule has 0 spiro atoms. The summed E-state index contributed by atoms with van der Waals surface area (Å²) >= 11 is 0. The van der Waals surface area contributed by atoms with E-state index < -0.39 is 0 Å². The van der Waals surface area contributed by atoms with Gasteiger partial charge in [0, 0.05) is 0 Å². The van der Waals surface area contributed by atoms with E-state index in [9.17, 15) is 0 Å². The van der Waals surface area contributed by atoms with E-state index in [0.717, 1.165) is 8.58 Å². The molecule has 1 heteroatoms. The van der Waals surface area contributed by atoms with Crippen LogP contribution >= 0.6 is 8.58 Å². The number of allylic oxidation sites excluding steroid dienone is 2. The minimum absolute atomic E-state index is 0.920. The summed E-state index contributed by atoms with van der Waals surface area (Å²) in [5, 5.41) is 1.46. The molecule has 0 aliphatic heterocycles. The zero-order valence-corrected chi connectivity index (χ0v) is 9.59. The van der Waals surface area contributed by atoms with E-state index in [2.05, 4.69) is 51.1 Å². The normalized spacial score (nSPS) is 10.7. The summed E-state index contributed by atoms with van der Waals surface area (Å²) < 4.78 is 0. The molecule has 0 heterocycles. The maximum Gasteiger partial charge on any atom is -0.0102 e. The van der Waals surface area contributed by atoms with Crippen LogP contribution in [0, 0.1) is 0 Å². The second kappa shape index (κ2) is 5.19. The van der Waals surface area contributed by atoms with E-state index in [1.165, 1.54) is 22.6 Å². The molecule has 0 N–H and O–H groups in total. The summed E-state index contributed by atoms with van der Waals surface area (Å²) in [6.07, 6.45) is 1.21. The first-order chi connectivity index (χ1) is 6.20. The highest BCUT2D eigenvalue weighted by Crippen LogP contribution is 2.16. The first kappa shape index (κ1) is 10.5. The average Bonchev–Trinajstić information content (AvgIpc) is 2.15. The van der Waals surface area contributed by atoms with Crippen molar-refractivity contribution in [3.05, 3.63) is 41.5 Å². The molecule has 0 saturated carbocycles. The lowest BCUT2D eigenvalue weighted by Crippen LogP contribution is -1.94. The first-order valence-corrected chi connectivity index (χ1v) is 5.82. The van der Waals surface area contributed by atoms with E-state index in [-0.39, 0.29) is 0 Å². The van der Waals surface area contributed by atoms with Gasteiger partial charge in [0.2, 0.25) is 0 Å². The lowest BCUT2D eigenvalue weighted by molar-refractivity contribution is 1.24. The fraction of sp³-hybridized carbons (Fsp3) is 0.333. The van der Waals surface area contributed by atoms with Crippen molar-refractivity contribution in [2.45, 2.75) is 20.8 Å². The predicted octanol–water partition coefficient (Wildman–Crippen LogP) is 3.35. The second-order valence-electron chi connectivity index (χ2n) is 3.50. The van der Waals surface area contributed by atoms with E-state index in [4.69, 9.17) is 0 Å². The highest BCUT2D eigenvalue weighted by molar-refractivity contribution is 7.47. The van der Waals surface area contributed by atoms with Gasteiger partial charge in [0.25, 0.3) is 0 Å². The quantitative estimate of drug-likeness (QED) is 0.509. The maximum atomic E-state index is 2.23. The Hall–Kier alpha value is -0.610. The topological polar surface area (TPSA) is 0 Å². The van der Waals surface area contributed by atoms with Crippen molar-refractivity contribution in [3.8, 4) is 0 Å². The molecule has 0 fully saturated rings. The van der Waals surface area contributed by atoms with Crippen LogP contribution < -0.4 is 5.30 Å². The average molecular weight is 192 g/mol. The lowest BCUT2D eigenvalue weighted by atomic mass is 10.2. The zero-order valence-electron chi connectivity index (χ0n) is 8.59. The molecule has 70 valence electrons. The van der Waals surface area contributed by atoms with Gasteiger partial charge in [0.15, 0.2) is 0 Å². The molecule has 13 heavy (non-hydrogen) atoms. The molecule has 0 radical (unpaired) electrons. The Balaban J connectivity index is 2.49. The Morgan fingerprint density at radius 2 is 1.69 bits per heavy atom. The van der Waals surface area contributed by atoms with E-state index in [0.29, 0.717) is 0 Å². The number of rotatable bonds is 3. The van der Waals surface area contributed by atoms with Crippen LogP contribution in [0.2, 0.25) is 0 Å². The Bertz CT molecular complexity index is 281. The number of benzene rings is 1. The minimum atomic E-state index is 0.920. The largest absolute Gasteiger partial charge is 0.0862 e. The van der Waals surface area contributed by atoms with Crippen LogP contribution in [0.15, 0.2) is 41.5 Å². The summed E-state index contributed by atoms with van der Waals surface area (Å²) in [6.45, 7) is 6.60. The third-order valence-corrected chi connectivity index (χ3v) is 3.63. The van der Waals surface area contributed by atoms with Gasteiger partial charge in [-0.3, -0.25) is 0 Å². The van der Waals surface area contributed by atoms with Gasteiger partial charge in [-0.15, -0.1) is 0 Å². The van der Waals surface area contributed by atoms with Gasteiger partial charge >= 0.3 is 0 Å². The van der Waals surface area contributed by atoms with Crippen LogP contribution in [-0.4, -0.2) is 6.16 Å². The number of hydrogen-bond acceptors (Lipinski definition) is 0. The summed E-state index contributed by atoms with van der Waals surface area (Å²) in [5.41, 5.74) is 2.99. The van der Waals surface area contributed by atoms with Gasteiger partial charge in [-0.1, -0.05) is 50.1 Å². The summed E-state index contributed by atoms with van der Waals surface area (Å²) in [5.74, 6) is 0. The second-order valence-corrected chi connectivity index (χ2v) is 4.78. The number of hydrogen-bond donors (Lipinski definition) is 0. The Kier molecular flexibility index (Phi) is 4.18. The van der Waals surface area contributed by atoms with E-state index in [1.54, 1.807) is 0 Å². The molecule has 0 aliphatic carbocycles. The van der Waals surface area contributed by atoms with Crippen molar-refractivity contribution in [3.63, 3.8) is 0 Å². The monoisotopic (exact) mass is 192 g/mol. The first-order valence-electron chi connectivity index (χ1n) is 4.62. The third-order valence-electron chi connectivity index (χ3n) is 2.19. The smallest absolute Gasteiger partial charge is 0.0102 e. The van der Waals surface area contributed by atoms with Gasteiger partial charge in [0.05, 0.1) is 0 Å². The molecule has 0 amide bonds. The Morgan fingerprint density at radius 3 is 2.23 bits per heavy atom. The van der Waals surface area contributed by atoms with Crippen LogP contribution in [0.1, 0.15) is 20.8 Å². The van der Waals surface area contributed by atoms with Crippen molar-refractivity contribution in [2.75, 3.05) is 6.16 Å². The molecule has 0 saturated heterocycles. The molecular formula is C12H17P. The standard InChI is InChI=1S/C12H17P/c1-10(2)11(3)9-13-12-7-5-4-6-8-12/h4-8,13H,9H2,1-3H3. The Labute approximate surface area is 82.8 Å². The van der Waals surface area contributed by atoms with Gasteiger partial charge in [-0.05, 0) is 32.2 Å². The van der Waals surface area contributed by atoms with Crippen LogP contribution in [0.4, 0.5) is 0 Å². The Morgan fingerprint density at radius 1 is 1.08 bits per heavy atom. The molecule has 0 aromatic heterocycles. The highest BCUT2D eigenvalue weighted by Gasteiger charge is 1.94. The van der Waals surface area contributed by atoms with Gasteiger partial charge < -0.3 is 0 Å². The third kappa shape index (κ3) is 3.74. The fourth-order valence-corrected chi connectivity index (χ4v) is 2.22. The van der Waals surface area contributed by atoms with Gasteiger partial charge in [-0.2, -0.15) is 0 Å². The van der Waals surface area contributed by atoms with Crippen LogP contribution in [0.3, 0.4) is 0 Å². The molecular weight excluding hydrogens is 175 g/mol. The molecule has 1 aromatic rings. The zero-order chi connectivity index (χ0) is 9.68. The molecule has 0 bridgehead atoms. The molecule has 1 aromatic carbocycles. The van der Waals surface area contributed by atoms with Crippen molar-refractivity contribution >= 4 is 13.9 Å². The fourth-order valence-electron chi connectivity index (χ4n) is 0.967. The summed E-state index contributed by atoms with van der Waals surface area (Å²) in [4.78, 5) is 0. The SMILES string of the molecule is CC(C)=C(C)CPc1ccccc1. The lowest BCUT2D eigenvalue weighted by Gasteiger charge is -2.03. The van der Waals surface area contributed by atoms with Crippen molar-refractivity contribution in [1.82, 2.24) is 0 Å². The molecule has 0 nitrogen and oxygen atoms in total. The van der Waals surface area contributed by atoms with E-state index >= 15 is 0 Å². The van der Waals surface area contributed by atoms with E-state index in [1.807, 2.05) is 0 Å². The van der Waals surface area contributed by atoms with Crippen LogP contribution in [-0.2, 0) is 0 Å². The minimum Gasteiger partial charge on any atom is -0.0862 e. The highest BCUT2D eigenvalue weighted by atomic mass is 31.1. The summed E-state index contributed by atoms with van der Waals surface area (Å²) in [7, 11) is 0.920. The molecule has 1 atom stereocenters. The molecule has 0 aliphatic rings. The summed E-state index contributed by atoms with van der Waals surface area (Å²) in [6, 6.07) is 10.7. The molecule has 1 unspecified atom stereocenters. The van der Waals surface area contributed by atoms with Crippen molar-refractivity contribution in [2.24, 2.45) is 0 Å². The van der Waals surface area contributed by atoms with Crippen molar-refractivity contribution in [1.29, 1.82) is 0 Å².